The summed E-state index contributed by atoms with van der Waals surface area (Å²) in [5.41, 5.74) is -0.590. The molecule has 0 aromatic heterocycles. The molecule has 0 saturated carbocycles. The third-order valence-electron chi connectivity index (χ3n) is 4.51. The Morgan fingerprint density at radius 3 is 2.54 bits per heavy atom. The lowest BCUT2D eigenvalue weighted by Gasteiger charge is -2.33. The Kier molecular flexibility index (Phi) is 4.47. The number of carbonyl (C=O) groups excluding carboxylic acids is 1. The summed E-state index contributed by atoms with van der Waals surface area (Å²) >= 11 is 0. The fourth-order valence-corrected chi connectivity index (χ4v) is 3.16. The molecule has 0 unspecified atom stereocenters. The number of carboxylic acid groups (broad SMARTS) is 1. The highest BCUT2D eigenvalue weighted by Gasteiger charge is 2.59. The van der Waals surface area contributed by atoms with Crippen LogP contribution in [0.3, 0.4) is 0 Å². The maximum atomic E-state index is 12.5. The van der Waals surface area contributed by atoms with Crippen LogP contribution in [0.5, 0.6) is 0 Å². The second-order valence-corrected chi connectivity index (χ2v) is 6.34. The zero-order valence-electron chi connectivity index (χ0n) is 13.6. The Morgan fingerprint density at radius 2 is 1.92 bits per heavy atom. The molecule has 24 heavy (non-hydrogen) atoms. The minimum atomic E-state index is -1.43. The van der Waals surface area contributed by atoms with Crippen LogP contribution in [0.1, 0.15) is 25.3 Å². The lowest BCUT2D eigenvalue weighted by molar-refractivity contribution is -0.258. The molecule has 1 amide bonds. The standard InChI is InChI=1S/C17H21NO6/c1-16(14(19)20)11-17(23-8-5-9-24-17)12-18(16)15(21)22-10-13-6-3-2-4-7-13/h2-4,6-7H,5,8-12H2,1H3,(H,19,20)/t16-/m0/s1. The third kappa shape index (κ3) is 3.09. The van der Waals surface area contributed by atoms with E-state index in [0.717, 1.165) is 12.0 Å². The van der Waals surface area contributed by atoms with E-state index in [1.165, 1.54) is 11.8 Å². The van der Waals surface area contributed by atoms with Gasteiger partial charge < -0.3 is 19.3 Å². The Morgan fingerprint density at radius 1 is 1.25 bits per heavy atom. The van der Waals surface area contributed by atoms with Crippen molar-refractivity contribution >= 4 is 12.1 Å². The number of rotatable bonds is 3. The van der Waals surface area contributed by atoms with Gasteiger partial charge in [-0.2, -0.15) is 0 Å². The number of likely N-dealkylation sites (tertiary alicyclic amines) is 1. The molecule has 1 spiro atoms. The van der Waals surface area contributed by atoms with Crippen LogP contribution in [0.2, 0.25) is 0 Å². The molecule has 2 aliphatic heterocycles. The van der Waals surface area contributed by atoms with Crippen LogP contribution in [-0.2, 0) is 25.6 Å². The van der Waals surface area contributed by atoms with Crippen LogP contribution in [0, 0.1) is 0 Å². The number of aliphatic carboxylic acids is 1. The fourth-order valence-electron chi connectivity index (χ4n) is 3.16. The quantitative estimate of drug-likeness (QED) is 0.909. The average molecular weight is 335 g/mol. The first-order valence-corrected chi connectivity index (χ1v) is 7.95. The van der Waals surface area contributed by atoms with Crippen molar-refractivity contribution in [1.82, 2.24) is 4.90 Å². The molecular weight excluding hydrogens is 314 g/mol. The molecule has 2 fully saturated rings. The van der Waals surface area contributed by atoms with Crippen LogP contribution >= 0.6 is 0 Å². The zero-order valence-corrected chi connectivity index (χ0v) is 13.6. The van der Waals surface area contributed by atoms with Gasteiger partial charge >= 0.3 is 12.1 Å². The number of nitrogens with zero attached hydrogens (tertiary/aromatic N) is 1. The van der Waals surface area contributed by atoms with Crippen molar-refractivity contribution in [2.75, 3.05) is 19.8 Å². The van der Waals surface area contributed by atoms with Crippen molar-refractivity contribution < 1.29 is 28.9 Å². The average Bonchev–Trinajstić information content (AvgIpc) is 2.88. The molecule has 2 heterocycles. The van der Waals surface area contributed by atoms with Crippen molar-refractivity contribution in [3.05, 3.63) is 35.9 Å². The van der Waals surface area contributed by atoms with Crippen LogP contribution in [0.25, 0.3) is 0 Å². The van der Waals surface area contributed by atoms with E-state index in [9.17, 15) is 14.7 Å². The number of hydrogen-bond acceptors (Lipinski definition) is 5. The number of carbonyl (C=O) groups is 2. The van der Waals surface area contributed by atoms with Gasteiger partial charge in [0.25, 0.3) is 0 Å². The molecule has 3 rings (SSSR count). The van der Waals surface area contributed by atoms with Crippen molar-refractivity contribution in [2.45, 2.75) is 37.7 Å². The van der Waals surface area contributed by atoms with Gasteiger partial charge in [0.1, 0.15) is 12.1 Å². The highest BCUT2D eigenvalue weighted by atomic mass is 16.7. The van der Waals surface area contributed by atoms with Crippen LogP contribution in [-0.4, -0.2) is 53.2 Å². The summed E-state index contributed by atoms with van der Waals surface area (Å²) in [6, 6.07) is 9.23. The lowest BCUT2D eigenvalue weighted by Crippen LogP contribution is -2.50. The van der Waals surface area contributed by atoms with Crippen molar-refractivity contribution in [3.63, 3.8) is 0 Å². The molecule has 0 aliphatic carbocycles. The van der Waals surface area contributed by atoms with Gasteiger partial charge in [0.2, 0.25) is 0 Å². The Labute approximate surface area is 140 Å². The number of carboxylic acids is 1. The third-order valence-corrected chi connectivity index (χ3v) is 4.51. The van der Waals surface area contributed by atoms with Crippen molar-refractivity contribution in [3.8, 4) is 0 Å². The number of hydrogen-bond donors (Lipinski definition) is 1. The van der Waals surface area contributed by atoms with Crippen molar-refractivity contribution in [2.24, 2.45) is 0 Å². The van der Waals surface area contributed by atoms with Gasteiger partial charge in [-0.1, -0.05) is 30.3 Å². The predicted octanol–water partition coefficient (Wildman–Crippen LogP) is 2.01. The van der Waals surface area contributed by atoms with Gasteiger partial charge in [0, 0.05) is 6.42 Å². The molecule has 0 bridgehead atoms. The summed E-state index contributed by atoms with van der Waals surface area (Å²) in [5.74, 6) is -2.16. The Bertz CT molecular complexity index is 613. The molecular formula is C17H21NO6. The molecule has 1 aromatic carbocycles. The molecule has 7 nitrogen and oxygen atoms in total. The molecule has 2 saturated heterocycles. The first kappa shape index (κ1) is 16.7. The second-order valence-electron chi connectivity index (χ2n) is 6.34. The molecule has 1 atom stereocenters. The Balaban J connectivity index is 1.73. The smallest absolute Gasteiger partial charge is 0.411 e. The zero-order chi connectivity index (χ0) is 17.2. The van der Waals surface area contributed by atoms with Gasteiger partial charge in [-0.05, 0) is 18.9 Å². The van der Waals surface area contributed by atoms with E-state index >= 15 is 0 Å². The lowest BCUT2D eigenvalue weighted by atomic mass is 9.97. The highest BCUT2D eigenvalue weighted by Crippen LogP contribution is 2.41. The monoisotopic (exact) mass is 335 g/mol. The second kappa shape index (κ2) is 6.41. The van der Waals surface area contributed by atoms with Crippen molar-refractivity contribution in [1.29, 1.82) is 0 Å². The van der Waals surface area contributed by atoms with Gasteiger partial charge in [-0.15, -0.1) is 0 Å². The molecule has 7 heteroatoms. The Hall–Kier alpha value is -2.12. The van der Waals surface area contributed by atoms with E-state index in [0.29, 0.717) is 13.2 Å². The van der Waals surface area contributed by atoms with E-state index < -0.39 is 23.4 Å². The predicted molar refractivity (Wildman–Crippen MR) is 83.2 cm³/mol. The van der Waals surface area contributed by atoms with E-state index in [4.69, 9.17) is 14.2 Å². The van der Waals surface area contributed by atoms with E-state index in [1.54, 1.807) is 0 Å². The number of ether oxygens (including phenoxy) is 3. The number of amides is 1. The fraction of sp³-hybridized carbons (Fsp3) is 0.529. The number of benzene rings is 1. The molecule has 0 radical (unpaired) electrons. The van der Waals surface area contributed by atoms with E-state index in [1.807, 2.05) is 30.3 Å². The topological polar surface area (TPSA) is 85.3 Å². The van der Waals surface area contributed by atoms with Crippen LogP contribution < -0.4 is 0 Å². The molecule has 1 aromatic rings. The van der Waals surface area contributed by atoms with Crippen LogP contribution in [0.4, 0.5) is 4.79 Å². The minimum absolute atomic E-state index is 0.0451. The SMILES string of the molecule is C[C@@]1(C(=O)O)CC2(CN1C(=O)OCc1ccccc1)OCCCO2. The van der Waals surface area contributed by atoms with E-state index in [2.05, 4.69) is 0 Å². The highest BCUT2D eigenvalue weighted by molar-refractivity contribution is 5.85. The summed E-state index contributed by atoms with van der Waals surface area (Å²) in [6.45, 7) is 2.60. The van der Waals surface area contributed by atoms with Gasteiger partial charge in [-0.25, -0.2) is 9.59 Å². The first-order valence-electron chi connectivity index (χ1n) is 7.95. The molecule has 1 N–H and O–H groups in total. The first-order chi connectivity index (χ1) is 11.5. The summed E-state index contributed by atoms with van der Waals surface area (Å²) in [7, 11) is 0. The summed E-state index contributed by atoms with van der Waals surface area (Å²) in [4.78, 5) is 25.5. The summed E-state index contributed by atoms with van der Waals surface area (Å²) in [6.07, 6.45) is 0.151. The molecule has 2 aliphatic rings. The minimum Gasteiger partial charge on any atom is -0.480 e. The van der Waals surface area contributed by atoms with Gasteiger partial charge in [0.05, 0.1) is 19.8 Å². The van der Waals surface area contributed by atoms with Crippen LogP contribution in [0.15, 0.2) is 30.3 Å². The largest absolute Gasteiger partial charge is 0.480 e. The maximum absolute atomic E-state index is 12.5. The van der Waals surface area contributed by atoms with Gasteiger partial charge in [0.15, 0.2) is 5.79 Å². The van der Waals surface area contributed by atoms with Gasteiger partial charge in [-0.3, -0.25) is 4.90 Å². The molecule has 130 valence electrons. The maximum Gasteiger partial charge on any atom is 0.411 e. The summed E-state index contributed by atoms with van der Waals surface area (Å²) in [5, 5.41) is 9.63. The normalized spacial score (nSPS) is 25.6. The summed E-state index contributed by atoms with van der Waals surface area (Å²) < 4.78 is 16.7. The van der Waals surface area contributed by atoms with E-state index in [-0.39, 0.29) is 19.6 Å².